The fourth-order valence-corrected chi connectivity index (χ4v) is 3.01. The van der Waals surface area contributed by atoms with Gasteiger partial charge in [0.2, 0.25) is 0 Å². The molecule has 1 saturated heterocycles. The molecular formula is C12H22N2O. The number of rotatable bonds is 2. The number of carbonyl (C=O) groups is 1. The van der Waals surface area contributed by atoms with Gasteiger partial charge in [0.15, 0.2) is 0 Å². The molecule has 1 unspecified atom stereocenters. The molecule has 3 atom stereocenters. The molecule has 2 N–H and O–H groups in total. The monoisotopic (exact) mass is 210 g/mol. The molecule has 2 fully saturated rings. The van der Waals surface area contributed by atoms with Gasteiger partial charge in [-0.15, -0.1) is 0 Å². The van der Waals surface area contributed by atoms with E-state index >= 15 is 0 Å². The van der Waals surface area contributed by atoms with Crippen molar-refractivity contribution >= 4 is 5.78 Å². The first-order chi connectivity index (χ1) is 7.18. The van der Waals surface area contributed by atoms with Crippen LogP contribution in [0.15, 0.2) is 0 Å². The summed E-state index contributed by atoms with van der Waals surface area (Å²) in [4.78, 5) is 13.8. The van der Waals surface area contributed by atoms with Gasteiger partial charge in [0.25, 0.3) is 0 Å². The first kappa shape index (κ1) is 11.1. The average molecular weight is 210 g/mol. The minimum absolute atomic E-state index is 0.277. The molecule has 1 aliphatic carbocycles. The van der Waals surface area contributed by atoms with Crippen LogP contribution in [-0.4, -0.2) is 35.9 Å². The first-order valence-corrected chi connectivity index (χ1v) is 6.18. The highest BCUT2D eigenvalue weighted by Gasteiger charge is 2.34. The van der Waals surface area contributed by atoms with Gasteiger partial charge in [-0.1, -0.05) is 12.8 Å². The maximum atomic E-state index is 11.3. The standard InChI is InChI=1S/C12H22N2O/c1-9(15)10-6-7-14(8-10)12-5-3-2-4-11(12)13/h10-12H,2-8,13H2,1H3/t10?,11-,12+/m1/s1. The van der Waals surface area contributed by atoms with Crippen LogP contribution in [0, 0.1) is 5.92 Å². The second kappa shape index (κ2) is 4.62. The van der Waals surface area contributed by atoms with Gasteiger partial charge in [0.1, 0.15) is 5.78 Å². The molecule has 2 rings (SSSR count). The molecule has 15 heavy (non-hydrogen) atoms. The molecule has 86 valence electrons. The predicted octanol–water partition coefficient (Wildman–Crippen LogP) is 1.17. The molecule has 1 aliphatic heterocycles. The molecule has 0 bridgehead atoms. The fourth-order valence-electron chi connectivity index (χ4n) is 3.01. The van der Waals surface area contributed by atoms with Gasteiger partial charge in [-0.2, -0.15) is 0 Å². The van der Waals surface area contributed by atoms with Crippen molar-refractivity contribution in [3.63, 3.8) is 0 Å². The summed E-state index contributed by atoms with van der Waals surface area (Å²) in [5.41, 5.74) is 6.15. The lowest BCUT2D eigenvalue weighted by atomic mass is 9.90. The highest BCUT2D eigenvalue weighted by atomic mass is 16.1. The van der Waals surface area contributed by atoms with E-state index in [1.54, 1.807) is 6.92 Å². The Labute approximate surface area is 92.0 Å². The molecule has 0 aromatic carbocycles. The smallest absolute Gasteiger partial charge is 0.134 e. The lowest BCUT2D eigenvalue weighted by Crippen LogP contribution is -2.48. The van der Waals surface area contributed by atoms with Crippen LogP contribution in [0.3, 0.4) is 0 Å². The maximum absolute atomic E-state index is 11.3. The molecule has 3 heteroatoms. The van der Waals surface area contributed by atoms with Crippen molar-refractivity contribution < 1.29 is 4.79 Å². The van der Waals surface area contributed by atoms with E-state index in [4.69, 9.17) is 5.73 Å². The largest absolute Gasteiger partial charge is 0.326 e. The van der Waals surface area contributed by atoms with Crippen molar-refractivity contribution in [3.8, 4) is 0 Å². The Bertz CT molecular complexity index is 242. The zero-order valence-corrected chi connectivity index (χ0v) is 9.61. The van der Waals surface area contributed by atoms with E-state index in [2.05, 4.69) is 4.90 Å². The SMILES string of the molecule is CC(=O)C1CCN([C@H]2CCCC[C@H]2N)C1. The van der Waals surface area contributed by atoms with Crippen LogP contribution in [0.25, 0.3) is 0 Å². The average Bonchev–Trinajstić information content (AvgIpc) is 2.67. The van der Waals surface area contributed by atoms with Crippen LogP contribution in [0.2, 0.25) is 0 Å². The normalized spacial score (nSPS) is 38.1. The summed E-state index contributed by atoms with van der Waals surface area (Å²) in [6.45, 7) is 3.74. The van der Waals surface area contributed by atoms with Gasteiger partial charge in [-0.05, 0) is 32.7 Å². The van der Waals surface area contributed by atoms with Crippen molar-refractivity contribution in [2.45, 2.75) is 51.1 Å². The Morgan fingerprint density at radius 1 is 1.27 bits per heavy atom. The van der Waals surface area contributed by atoms with Crippen LogP contribution in [0.5, 0.6) is 0 Å². The lowest BCUT2D eigenvalue weighted by molar-refractivity contribution is -0.120. The molecule has 0 spiro atoms. The summed E-state index contributed by atoms with van der Waals surface area (Å²) in [6, 6.07) is 0.882. The molecule has 2 aliphatic rings. The van der Waals surface area contributed by atoms with Gasteiger partial charge >= 0.3 is 0 Å². The summed E-state index contributed by atoms with van der Waals surface area (Å²) < 4.78 is 0. The summed E-state index contributed by atoms with van der Waals surface area (Å²) >= 11 is 0. The van der Waals surface area contributed by atoms with Crippen LogP contribution in [0.4, 0.5) is 0 Å². The lowest BCUT2D eigenvalue weighted by Gasteiger charge is -2.36. The molecule has 0 aromatic rings. The Hall–Kier alpha value is -0.410. The quantitative estimate of drug-likeness (QED) is 0.744. The van der Waals surface area contributed by atoms with Crippen LogP contribution in [-0.2, 0) is 4.79 Å². The van der Waals surface area contributed by atoms with E-state index in [1.165, 1.54) is 19.3 Å². The predicted molar refractivity (Wildman–Crippen MR) is 60.6 cm³/mol. The summed E-state index contributed by atoms with van der Waals surface area (Å²) in [5, 5.41) is 0. The Morgan fingerprint density at radius 2 is 2.00 bits per heavy atom. The first-order valence-electron chi connectivity index (χ1n) is 6.18. The number of ketones is 1. The maximum Gasteiger partial charge on any atom is 0.134 e. The van der Waals surface area contributed by atoms with Crippen molar-refractivity contribution in [1.82, 2.24) is 4.90 Å². The minimum atomic E-state index is 0.277. The number of hydrogen-bond donors (Lipinski definition) is 1. The minimum Gasteiger partial charge on any atom is -0.326 e. The zero-order chi connectivity index (χ0) is 10.8. The third-order valence-corrected chi connectivity index (χ3v) is 4.05. The number of nitrogens with zero attached hydrogens (tertiary/aromatic N) is 1. The van der Waals surface area contributed by atoms with Crippen molar-refractivity contribution in [3.05, 3.63) is 0 Å². The van der Waals surface area contributed by atoms with Gasteiger partial charge in [0, 0.05) is 24.5 Å². The van der Waals surface area contributed by atoms with Crippen LogP contribution in [0.1, 0.15) is 39.0 Å². The highest BCUT2D eigenvalue weighted by Crippen LogP contribution is 2.27. The van der Waals surface area contributed by atoms with Crippen LogP contribution >= 0.6 is 0 Å². The van der Waals surface area contributed by atoms with Crippen LogP contribution < -0.4 is 5.73 Å². The topological polar surface area (TPSA) is 46.3 Å². The van der Waals surface area contributed by atoms with E-state index in [9.17, 15) is 4.79 Å². The highest BCUT2D eigenvalue weighted by molar-refractivity contribution is 5.78. The number of likely N-dealkylation sites (tertiary alicyclic amines) is 1. The van der Waals surface area contributed by atoms with Gasteiger partial charge < -0.3 is 5.73 Å². The number of carbonyl (C=O) groups excluding carboxylic acids is 1. The summed E-state index contributed by atoms with van der Waals surface area (Å²) in [5.74, 6) is 0.626. The Balaban J connectivity index is 1.91. The molecule has 1 saturated carbocycles. The molecule has 3 nitrogen and oxygen atoms in total. The van der Waals surface area contributed by atoms with E-state index < -0.39 is 0 Å². The number of nitrogens with two attached hydrogens (primary N) is 1. The third kappa shape index (κ3) is 2.40. The molecular weight excluding hydrogens is 188 g/mol. The number of hydrogen-bond acceptors (Lipinski definition) is 3. The van der Waals surface area contributed by atoms with E-state index in [-0.39, 0.29) is 5.92 Å². The second-order valence-electron chi connectivity index (χ2n) is 5.11. The Kier molecular flexibility index (Phi) is 3.42. The second-order valence-corrected chi connectivity index (χ2v) is 5.11. The third-order valence-electron chi connectivity index (χ3n) is 4.05. The van der Waals surface area contributed by atoms with Crippen molar-refractivity contribution in [2.75, 3.05) is 13.1 Å². The van der Waals surface area contributed by atoms with Crippen molar-refractivity contribution in [1.29, 1.82) is 0 Å². The van der Waals surface area contributed by atoms with Gasteiger partial charge in [0.05, 0.1) is 0 Å². The molecule has 0 radical (unpaired) electrons. The summed E-state index contributed by atoms with van der Waals surface area (Å²) in [7, 11) is 0. The summed E-state index contributed by atoms with van der Waals surface area (Å²) in [6.07, 6.45) is 6.01. The molecule has 0 aromatic heterocycles. The zero-order valence-electron chi connectivity index (χ0n) is 9.61. The van der Waals surface area contributed by atoms with E-state index in [0.29, 0.717) is 17.9 Å². The van der Waals surface area contributed by atoms with E-state index in [0.717, 1.165) is 25.9 Å². The van der Waals surface area contributed by atoms with Gasteiger partial charge in [-0.3, -0.25) is 9.69 Å². The number of Topliss-reactive ketones (excluding diaryl/α,β-unsaturated/α-hetero) is 1. The van der Waals surface area contributed by atoms with Gasteiger partial charge in [-0.25, -0.2) is 0 Å². The van der Waals surface area contributed by atoms with Crippen molar-refractivity contribution in [2.24, 2.45) is 11.7 Å². The molecule has 0 amide bonds. The van der Waals surface area contributed by atoms with E-state index in [1.807, 2.05) is 0 Å². The fraction of sp³-hybridized carbons (Fsp3) is 0.917. The molecule has 1 heterocycles. The Morgan fingerprint density at radius 3 is 2.60 bits per heavy atom.